The molecule has 0 aromatic heterocycles. The molecule has 0 aliphatic carbocycles. The summed E-state index contributed by atoms with van der Waals surface area (Å²) in [6.45, 7) is 1.88. The lowest BCUT2D eigenvalue weighted by Gasteiger charge is -2.09. The number of aliphatic hydroxyl groups is 1. The normalized spacial score (nSPS) is 12.6. The van der Waals surface area contributed by atoms with Crippen molar-refractivity contribution < 1.29 is 18.3 Å². The SMILES string of the molecule is CC(O)CCNc1cc(F)c(F)cc1F. The number of anilines is 1. The number of benzene rings is 1. The van der Waals surface area contributed by atoms with Gasteiger partial charge >= 0.3 is 0 Å². The summed E-state index contributed by atoms with van der Waals surface area (Å²) in [5, 5.41) is 11.5. The number of aliphatic hydroxyl groups excluding tert-OH is 1. The molecule has 0 aliphatic rings. The molecule has 84 valence electrons. The maximum atomic E-state index is 13.0. The van der Waals surface area contributed by atoms with Crippen LogP contribution < -0.4 is 5.32 Å². The lowest BCUT2D eigenvalue weighted by atomic mass is 10.2. The molecular weight excluding hydrogens is 207 g/mol. The molecule has 0 radical (unpaired) electrons. The van der Waals surface area contributed by atoms with Crippen molar-refractivity contribution in [1.29, 1.82) is 0 Å². The summed E-state index contributed by atoms with van der Waals surface area (Å²) in [4.78, 5) is 0. The van der Waals surface area contributed by atoms with Gasteiger partial charge in [-0.1, -0.05) is 0 Å². The highest BCUT2D eigenvalue weighted by molar-refractivity contribution is 5.45. The van der Waals surface area contributed by atoms with Gasteiger partial charge in [-0.25, -0.2) is 13.2 Å². The van der Waals surface area contributed by atoms with Gasteiger partial charge in [-0.3, -0.25) is 0 Å². The van der Waals surface area contributed by atoms with Gasteiger partial charge in [-0.15, -0.1) is 0 Å². The highest BCUT2D eigenvalue weighted by atomic mass is 19.2. The van der Waals surface area contributed by atoms with Gasteiger partial charge in [0.15, 0.2) is 11.6 Å². The Bertz CT molecular complexity index is 342. The molecule has 0 saturated heterocycles. The van der Waals surface area contributed by atoms with Crippen molar-refractivity contribution in [3.05, 3.63) is 29.6 Å². The topological polar surface area (TPSA) is 32.3 Å². The first-order chi connectivity index (χ1) is 7.00. The van der Waals surface area contributed by atoms with Gasteiger partial charge in [0.05, 0.1) is 11.8 Å². The molecule has 1 aromatic carbocycles. The van der Waals surface area contributed by atoms with E-state index in [1.165, 1.54) is 0 Å². The zero-order chi connectivity index (χ0) is 11.4. The minimum Gasteiger partial charge on any atom is -0.393 e. The summed E-state index contributed by atoms with van der Waals surface area (Å²) in [6.07, 6.45) is -0.121. The van der Waals surface area contributed by atoms with E-state index in [2.05, 4.69) is 5.32 Å². The highest BCUT2D eigenvalue weighted by Crippen LogP contribution is 2.18. The Morgan fingerprint density at radius 2 is 1.80 bits per heavy atom. The molecule has 0 heterocycles. The quantitative estimate of drug-likeness (QED) is 0.761. The lowest BCUT2D eigenvalue weighted by molar-refractivity contribution is 0.188. The van der Waals surface area contributed by atoms with Crippen molar-refractivity contribution in [2.75, 3.05) is 11.9 Å². The molecule has 0 fully saturated rings. The molecule has 0 bridgehead atoms. The number of hydrogen-bond donors (Lipinski definition) is 2. The molecule has 0 spiro atoms. The largest absolute Gasteiger partial charge is 0.393 e. The minimum atomic E-state index is -1.21. The second kappa shape index (κ2) is 5.02. The first-order valence-corrected chi connectivity index (χ1v) is 4.57. The molecule has 0 saturated carbocycles. The van der Waals surface area contributed by atoms with Gasteiger partial charge in [0.2, 0.25) is 0 Å². The van der Waals surface area contributed by atoms with E-state index in [4.69, 9.17) is 5.11 Å². The smallest absolute Gasteiger partial charge is 0.161 e. The molecule has 2 nitrogen and oxygen atoms in total. The second-order valence-electron chi connectivity index (χ2n) is 3.31. The predicted octanol–water partition coefficient (Wildman–Crippen LogP) is 2.29. The van der Waals surface area contributed by atoms with E-state index in [9.17, 15) is 13.2 Å². The van der Waals surface area contributed by atoms with E-state index in [-0.39, 0.29) is 5.69 Å². The van der Waals surface area contributed by atoms with Crippen molar-refractivity contribution >= 4 is 5.69 Å². The van der Waals surface area contributed by atoms with E-state index in [0.717, 1.165) is 6.07 Å². The molecular formula is C10H12F3NO. The van der Waals surface area contributed by atoms with Crippen LogP contribution in [-0.2, 0) is 0 Å². The second-order valence-corrected chi connectivity index (χ2v) is 3.31. The van der Waals surface area contributed by atoms with Crippen molar-refractivity contribution in [2.45, 2.75) is 19.4 Å². The monoisotopic (exact) mass is 219 g/mol. The van der Waals surface area contributed by atoms with Gasteiger partial charge in [0.25, 0.3) is 0 Å². The summed E-state index contributed by atoms with van der Waals surface area (Å²) in [5.74, 6) is -3.16. The van der Waals surface area contributed by atoms with Gasteiger partial charge in [-0.2, -0.15) is 0 Å². The van der Waals surface area contributed by atoms with Crippen LogP contribution in [0.5, 0.6) is 0 Å². The number of hydrogen-bond acceptors (Lipinski definition) is 2. The van der Waals surface area contributed by atoms with Crippen molar-refractivity contribution in [3.8, 4) is 0 Å². The zero-order valence-corrected chi connectivity index (χ0v) is 8.23. The Labute approximate surface area is 85.7 Å². The molecule has 1 aromatic rings. The molecule has 1 atom stereocenters. The fraction of sp³-hybridized carbons (Fsp3) is 0.400. The molecule has 1 rings (SSSR count). The minimum absolute atomic E-state index is 0.102. The standard InChI is InChI=1S/C10H12F3NO/c1-6(15)2-3-14-10-5-8(12)7(11)4-9(10)13/h4-6,14-15H,2-3H2,1H3. The van der Waals surface area contributed by atoms with Crippen LogP contribution in [0.4, 0.5) is 18.9 Å². The molecule has 5 heteroatoms. The first kappa shape index (κ1) is 11.8. The van der Waals surface area contributed by atoms with Crippen molar-refractivity contribution in [1.82, 2.24) is 0 Å². The van der Waals surface area contributed by atoms with E-state index >= 15 is 0 Å². The summed E-state index contributed by atoms with van der Waals surface area (Å²) in [6, 6.07) is 1.24. The first-order valence-electron chi connectivity index (χ1n) is 4.57. The Kier molecular flexibility index (Phi) is 3.96. The predicted molar refractivity (Wildman–Crippen MR) is 51.1 cm³/mol. The molecule has 15 heavy (non-hydrogen) atoms. The highest BCUT2D eigenvalue weighted by Gasteiger charge is 2.09. The van der Waals surface area contributed by atoms with Crippen LogP contribution in [0.2, 0.25) is 0 Å². The van der Waals surface area contributed by atoms with Crippen molar-refractivity contribution in [2.24, 2.45) is 0 Å². The third-order valence-electron chi connectivity index (χ3n) is 1.89. The van der Waals surface area contributed by atoms with Gasteiger partial charge in [0.1, 0.15) is 5.82 Å². The van der Waals surface area contributed by atoms with Crippen molar-refractivity contribution in [3.63, 3.8) is 0 Å². The van der Waals surface area contributed by atoms with Gasteiger partial charge in [0, 0.05) is 18.7 Å². The van der Waals surface area contributed by atoms with Crippen LogP contribution >= 0.6 is 0 Å². The third-order valence-corrected chi connectivity index (χ3v) is 1.89. The maximum Gasteiger partial charge on any atom is 0.161 e. The summed E-state index contributed by atoms with van der Waals surface area (Å²) in [7, 11) is 0. The maximum absolute atomic E-state index is 13.0. The van der Waals surface area contributed by atoms with E-state index in [1.54, 1.807) is 6.92 Å². The number of rotatable bonds is 4. The number of nitrogens with one attached hydrogen (secondary N) is 1. The third kappa shape index (κ3) is 3.43. The van der Waals surface area contributed by atoms with Gasteiger partial charge in [-0.05, 0) is 13.3 Å². The fourth-order valence-corrected chi connectivity index (χ4v) is 1.07. The van der Waals surface area contributed by atoms with Crippen LogP contribution in [0.25, 0.3) is 0 Å². The molecule has 0 aliphatic heterocycles. The molecule has 0 amide bonds. The Morgan fingerprint density at radius 1 is 1.20 bits per heavy atom. The summed E-state index contributed by atoms with van der Waals surface area (Å²) < 4.78 is 38.3. The van der Waals surface area contributed by atoms with Crippen LogP contribution in [-0.4, -0.2) is 17.8 Å². The van der Waals surface area contributed by atoms with Crippen LogP contribution in [0, 0.1) is 17.5 Å². The van der Waals surface area contributed by atoms with E-state index in [1.807, 2.05) is 0 Å². The number of halogens is 3. The van der Waals surface area contributed by atoms with Crippen LogP contribution in [0.1, 0.15) is 13.3 Å². The van der Waals surface area contributed by atoms with E-state index in [0.29, 0.717) is 19.0 Å². The Hall–Kier alpha value is -1.23. The Morgan fingerprint density at radius 3 is 2.40 bits per heavy atom. The fourth-order valence-electron chi connectivity index (χ4n) is 1.07. The molecule has 1 unspecified atom stereocenters. The average Bonchev–Trinajstić information content (AvgIpc) is 2.13. The van der Waals surface area contributed by atoms with Crippen LogP contribution in [0.3, 0.4) is 0 Å². The van der Waals surface area contributed by atoms with E-state index < -0.39 is 23.6 Å². The lowest BCUT2D eigenvalue weighted by Crippen LogP contribution is -2.11. The van der Waals surface area contributed by atoms with Crippen LogP contribution in [0.15, 0.2) is 12.1 Å². The summed E-state index contributed by atoms with van der Waals surface area (Å²) >= 11 is 0. The zero-order valence-electron chi connectivity index (χ0n) is 8.23. The molecule has 2 N–H and O–H groups in total. The summed E-state index contributed by atoms with van der Waals surface area (Å²) in [5.41, 5.74) is -0.102. The van der Waals surface area contributed by atoms with Gasteiger partial charge < -0.3 is 10.4 Å². The average molecular weight is 219 g/mol. The Balaban J connectivity index is 2.65.